The summed E-state index contributed by atoms with van der Waals surface area (Å²) in [6.07, 6.45) is 1.64. The number of anilines is 2. The summed E-state index contributed by atoms with van der Waals surface area (Å²) in [5.74, 6) is 0.561. The lowest BCUT2D eigenvalue weighted by Crippen LogP contribution is -2.23. The van der Waals surface area contributed by atoms with Crippen LogP contribution in [0.5, 0.6) is 5.75 Å². The Hall–Kier alpha value is -3.05. The molecule has 27 heavy (non-hydrogen) atoms. The molecule has 1 amide bonds. The highest BCUT2D eigenvalue weighted by molar-refractivity contribution is 6.30. The van der Waals surface area contributed by atoms with Crippen LogP contribution in [0.1, 0.15) is 21.6 Å². The summed E-state index contributed by atoms with van der Waals surface area (Å²) in [6.45, 7) is 2.40. The number of ether oxygens (including phenoxy) is 1. The van der Waals surface area contributed by atoms with E-state index in [1.165, 1.54) is 0 Å². The van der Waals surface area contributed by atoms with Gasteiger partial charge in [-0.15, -0.1) is 0 Å². The van der Waals surface area contributed by atoms with Crippen LogP contribution in [0.3, 0.4) is 0 Å². The van der Waals surface area contributed by atoms with Crippen LogP contribution in [-0.2, 0) is 6.54 Å². The van der Waals surface area contributed by atoms with Gasteiger partial charge in [-0.3, -0.25) is 4.79 Å². The van der Waals surface area contributed by atoms with Crippen molar-refractivity contribution in [2.24, 2.45) is 0 Å². The fourth-order valence-electron chi connectivity index (χ4n) is 2.54. The third-order valence-electron chi connectivity index (χ3n) is 4.08. The molecule has 2 aromatic carbocycles. The highest BCUT2D eigenvalue weighted by Gasteiger charge is 2.08. The molecular formula is C21H20ClN3O2. The second kappa shape index (κ2) is 8.56. The minimum atomic E-state index is -0.222. The Balaban J connectivity index is 1.59. The number of amides is 1. The van der Waals surface area contributed by atoms with Crippen molar-refractivity contribution in [2.45, 2.75) is 13.5 Å². The Morgan fingerprint density at radius 3 is 2.52 bits per heavy atom. The van der Waals surface area contributed by atoms with E-state index >= 15 is 0 Å². The number of hydrogen-bond acceptors (Lipinski definition) is 4. The maximum absolute atomic E-state index is 12.3. The number of hydrogen-bond donors (Lipinski definition) is 2. The molecule has 0 aliphatic carbocycles. The SMILES string of the molecule is COc1ccc(CNC(=O)c2ccc(Nc3ccc(Cl)cc3C)cn2)cc1. The zero-order valence-electron chi connectivity index (χ0n) is 15.1. The number of nitrogens with one attached hydrogen (secondary N) is 2. The molecule has 1 heterocycles. The fourth-order valence-corrected chi connectivity index (χ4v) is 2.77. The molecule has 0 fully saturated rings. The number of pyridine rings is 1. The summed E-state index contributed by atoms with van der Waals surface area (Å²) in [5, 5.41) is 6.82. The van der Waals surface area contributed by atoms with Crippen LogP contribution >= 0.6 is 11.6 Å². The van der Waals surface area contributed by atoms with Gasteiger partial charge in [0.05, 0.1) is 19.0 Å². The van der Waals surface area contributed by atoms with Crippen LogP contribution in [0.25, 0.3) is 0 Å². The topological polar surface area (TPSA) is 63.2 Å². The summed E-state index contributed by atoms with van der Waals surface area (Å²) in [6, 6.07) is 16.7. The van der Waals surface area contributed by atoms with Crippen molar-refractivity contribution in [1.29, 1.82) is 0 Å². The molecule has 1 aromatic heterocycles. The number of methoxy groups -OCH3 is 1. The van der Waals surface area contributed by atoms with E-state index in [2.05, 4.69) is 15.6 Å². The largest absolute Gasteiger partial charge is 0.497 e. The molecule has 138 valence electrons. The standard InChI is InChI=1S/C21H20ClN3O2/c1-14-11-16(22)5-9-19(14)25-17-6-10-20(23-13-17)21(26)24-12-15-3-7-18(27-2)8-4-15/h3-11,13,25H,12H2,1-2H3,(H,24,26). The quantitative estimate of drug-likeness (QED) is 0.648. The Kier molecular flexibility index (Phi) is 5.94. The molecule has 0 aliphatic rings. The van der Waals surface area contributed by atoms with E-state index in [0.717, 1.165) is 28.3 Å². The molecule has 0 saturated carbocycles. The summed E-state index contributed by atoms with van der Waals surface area (Å²) < 4.78 is 5.12. The average Bonchev–Trinajstić information content (AvgIpc) is 2.69. The van der Waals surface area contributed by atoms with Gasteiger partial charge in [0, 0.05) is 17.3 Å². The first kappa shape index (κ1) is 18.7. The molecule has 0 spiro atoms. The van der Waals surface area contributed by atoms with Crippen molar-refractivity contribution in [3.63, 3.8) is 0 Å². The lowest BCUT2D eigenvalue weighted by molar-refractivity contribution is 0.0946. The van der Waals surface area contributed by atoms with Gasteiger partial charge in [0.1, 0.15) is 11.4 Å². The molecule has 2 N–H and O–H groups in total. The van der Waals surface area contributed by atoms with Crippen molar-refractivity contribution in [3.05, 3.63) is 82.6 Å². The van der Waals surface area contributed by atoms with Crippen molar-refractivity contribution < 1.29 is 9.53 Å². The molecule has 0 unspecified atom stereocenters. The predicted octanol–water partition coefficient (Wildman–Crippen LogP) is 4.73. The first-order valence-corrected chi connectivity index (χ1v) is 8.83. The molecular weight excluding hydrogens is 362 g/mol. The monoisotopic (exact) mass is 381 g/mol. The molecule has 0 saturated heterocycles. The van der Waals surface area contributed by atoms with Crippen LogP contribution in [-0.4, -0.2) is 18.0 Å². The molecule has 0 radical (unpaired) electrons. The minimum absolute atomic E-state index is 0.222. The van der Waals surface area contributed by atoms with Gasteiger partial charge in [-0.2, -0.15) is 0 Å². The number of carbonyl (C=O) groups excluding carboxylic acids is 1. The molecule has 3 rings (SSSR count). The van der Waals surface area contributed by atoms with Gasteiger partial charge < -0.3 is 15.4 Å². The predicted molar refractivity (Wildman–Crippen MR) is 108 cm³/mol. The van der Waals surface area contributed by atoms with Crippen LogP contribution < -0.4 is 15.4 Å². The third kappa shape index (κ3) is 4.99. The molecule has 6 heteroatoms. The zero-order chi connectivity index (χ0) is 19.2. The van der Waals surface area contributed by atoms with E-state index < -0.39 is 0 Å². The smallest absolute Gasteiger partial charge is 0.270 e. The Morgan fingerprint density at radius 2 is 1.89 bits per heavy atom. The summed E-state index contributed by atoms with van der Waals surface area (Å²) >= 11 is 5.97. The van der Waals surface area contributed by atoms with E-state index in [0.29, 0.717) is 17.3 Å². The Bertz CT molecular complexity index is 925. The summed E-state index contributed by atoms with van der Waals surface area (Å²) in [5.41, 5.74) is 4.12. The van der Waals surface area contributed by atoms with Crippen molar-refractivity contribution in [2.75, 3.05) is 12.4 Å². The number of aryl methyl sites for hydroxylation is 1. The van der Waals surface area contributed by atoms with Crippen LogP contribution in [0.2, 0.25) is 5.02 Å². The highest BCUT2D eigenvalue weighted by Crippen LogP contribution is 2.23. The van der Waals surface area contributed by atoms with E-state index in [1.54, 1.807) is 19.4 Å². The first-order valence-electron chi connectivity index (χ1n) is 8.45. The molecule has 0 atom stereocenters. The van der Waals surface area contributed by atoms with Crippen LogP contribution in [0, 0.1) is 6.92 Å². The maximum atomic E-state index is 12.3. The lowest BCUT2D eigenvalue weighted by atomic mass is 10.2. The normalized spacial score (nSPS) is 10.3. The number of halogens is 1. The second-order valence-corrected chi connectivity index (χ2v) is 6.48. The van der Waals surface area contributed by atoms with Gasteiger partial charge in [0.25, 0.3) is 5.91 Å². The lowest BCUT2D eigenvalue weighted by Gasteiger charge is -2.10. The number of nitrogens with zero attached hydrogens (tertiary/aromatic N) is 1. The van der Waals surface area contributed by atoms with Gasteiger partial charge in [0.2, 0.25) is 0 Å². The second-order valence-electron chi connectivity index (χ2n) is 6.05. The average molecular weight is 382 g/mol. The van der Waals surface area contributed by atoms with Crippen LogP contribution in [0.15, 0.2) is 60.8 Å². The zero-order valence-corrected chi connectivity index (χ0v) is 15.9. The first-order chi connectivity index (χ1) is 13.0. The van der Waals surface area contributed by atoms with Gasteiger partial charge in [0.15, 0.2) is 0 Å². The van der Waals surface area contributed by atoms with Crippen molar-refractivity contribution >= 4 is 28.9 Å². The summed E-state index contributed by atoms with van der Waals surface area (Å²) in [4.78, 5) is 16.5. The highest BCUT2D eigenvalue weighted by atomic mass is 35.5. The van der Waals surface area contributed by atoms with E-state index in [-0.39, 0.29) is 5.91 Å². The van der Waals surface area contributed by atoms with E-state index in [9.17, 15) is 4.79 Å². The van der Waals surface area contributed by atoms with Crippen molar-refractivity contribution in [3.8, 4) is 5.75 Å². The molecule has 5 nitrogen and oxygen atoms in total. The Morgan fingerprint density at radius 1 is 1.11 bits per heavy atom. The maximum Gasteiger partial charge on any atom is 0.270 e. The fraction of sp³-hybridized carbons (Fsp3) is 0.143. The molecule has 0 bridgehead atoms. The van der Waals surface area contributed by atoms with E-state index in [1.807, 2.05) is 55.5 Å². The number of benzene rings is 2. The molecule has 3 aromatic rings. The minimum Gasteiger partial charge on any atom is -0.497 e. The van der Waals surface area contributed by atoms with Gasteiger partial charge in [-0.25, -0.2) is 4.98 Å². The number of aromatic nitrogens is 1. The Labute approximate surface area is 163 Å². The van der Waals surface area contributed by atoms with Crippen molar-refractivity contribution in [1.82, 2.24) is 10.3 Å². The third-order valence-corrected chi connectivity index (χ3v) is 4.31. The van der Waals surface area contributed by atoms with Crippen LogP contribution in [0.4, 0.5) is 11.4 Å². The molecule has 0 aliphatic heterocycles. The van der Waals surface area contributed by atoms with Gasteiger partial charge in [-0.05, 0) is 60.5 Å². The number of carbonyl (C=O) groups is 1. The van der Waals surface area contributed by atoms with Gasteiger partial charge >= 0.3 is 0 Å². The van der Waals surface area contributed by atoms with E-state index in [4.69, 9.17) is 16.3 Å². The van der Waals surface area contributed by atoms with Gasteiger partial charge in [-0.1, -0.05) is 23.7 Å². The number of rotatable bonds is 6. The summed E-state index contributed by atoms with van der Waals surface area (Å²) in [7, 11) is 1.62.